The Hall–Kier alpha value is -1.77. The number of amides is 2. The molecular weight excluding hydrogens is 260 g/mol. The first kappa shape index (κ1) is 18.2. The van der Waals surface area contributed by atoms with E-state index in [1.54, 1.807) is 41.5 Å². The van der Waals surface area contributed by atoms with Crippen molar-refractivity contribution >= 4 is 12.2 Å². The predicted octanol–water partition coefficient (Wildman–Crippen LogP) is 3.46. The average Bonchev–Trinajstić information content (AvgIpc) is 2.18. The minimum Gasteiger partial charge on any atom is -0.443 e. The molecule has 0 spiro atoms. The van der Waals surface area contributed by atoms with Crippen LogP contribution in [0.15, 0.2) is 0 Å². The molecule has 0 radical (unpaired) electrons. The van der Waals surface area contributed by atoms with Crippen molar-refractivity contribution in [1.29, 1.82) is 5.26 Å². The Bertz CT molecular complexity index is 357. The molecule has 0 aliphatic rings. The monoisotopic (exact) mass is 284 g/mol. The largest absolute Gasteiger partial charge is 0.443 e. The summed E-state index contributed by atoms with van der Waals surface area (Å²) in [6.07, 6.45) is -0.883. The van der Waals surface area contributed by atoms with Gasteiger partial charge < -0.3 is 9.47 Å². The fourth-order valence-corrected chi connectivity index (χ4v) is 1.21. The molecule has 0 aliphatic heterocycles. The topological polar surface area (TPSA) is 79.6 Å². The smallest absolute Gasteiger partial charge is 0.419 e. The van der Waals surface area contributed by atoms with Gasteiger partial charge in [-0.3, -0.25) is 0 Å². The Morgan fingerprint density at radius 2 is 1.40 bits per heavy atom. The first-order valence-corrected chi connectivity index (χ1v) is 6.57. The number of rotatable bonds is 3. The molecule has 0 bridgehead atoms. The Labute approximate surface area is 120 Å². The molecule has 20 heavy (non-hydrogen) atoms. The van der Waals surface area contributed by atoms with Crippen LogP contribution in [-0.4, -0.2) is 34.8 Å². The molecule has 0 unspecified atom stereocenters. The summed E-state index contributed by atoms with van der Waals surface area (Å²) in [5.41, 5.74) is -1.40. The van der Waals surface area contributed by atoms with Gasteiger partial charge in [-0.05, 0) is 48.0 Å². The maximum Gasteiger partial charge on any atom is 0.419 e. The minimum absolute atomic E-state index is 0.0946. The zero-order valence-electron chi connectivity index (χ0n) is 13.1. The number of ether oxygens (including phenoxy) is 2. The van der Waals surface area contributed by atoms with E-state index in [1.165, 1.54) is 0 Å². The van der Waals surface area contributed by atoms with E-state index in [4.69, 9.17) is 14.7 Å². The van der Waals surface area contributed by atoms with Crippen molar-refractivity contribution in [2.75, 3.05) is 6.54 Å². The summed E-state index contributed by atoms with van der Waals surface area (Å²) in [5.74, 6) is 0. The van der Waals surface area contributed by atoms with E-state index in [1.807, 2.05) is 6.07 Å². The van der Waals surface area contributed by atoms with E-state index in [2.05, 4.69) is 0 Å². The van der Waals surface area contributed by atoms with Crippen LogP contribution in [0.3, 0.4) is 0 Å². The van der Waals surface area contributed by atoms with Gasteiger partial charge in [0.1, 0.15) is 11.2 Å². The second-order valence-corrected chi connectivity index (χ2v) is 6.37. The van der Waals surface area contributed by atoms with E-state index < -0.39 is 23.4 Å². The number of nitriles is 1. The van der Waals surface area contributed by atoms with Crippen LogP contribution in [0.4, 0.5) is 9.59 Å². The van der Waals surface area contributed by atoms with Gasteiger partial charge in [-0.1, -0.05) is 0 Å². The Kier molecular flexibility index (Phi) is 6.50. The molecule has 0 heterocycles. The van der Waals surface area contributed by atoms with Crippen LogP contribution in [0.25, 0.3) is 0 Å². The van der Waals surface area contributed by atoms with Crippen molar-refractivity contribution in [2.45, 2.75) is 65.6 Å². The van der Waals surface area contributed by atoms with Crippen molar-refractivity contribution in [3.8, 4) is 6.07 Å². The van der Waals surface area contributed by atoms with Crippen LogP contribution in [0, 0.1) is 11.3 Å². The highest BCUT2D eigenvalue weighted by Crippen LogP contribution is 2.15. The lowest BCUT2D eigenvalue weighted by atomic mass is 10.2. The predicted molar refractivity (Wildman–Crippen MR) is 74.0 cm³/mol. The number of imide groups is 1. The highest BCUT2D eigenvalue weighted by Gasteiger charge is 2.30. The van der Waals surface area contributed by atoms with Crippen molar-refractivity contribution in [3.05, 3.63) is 0 Å². The molecule has 0 aliphatic carbocycles. The van der Waals surface area contributed by atoms with E-state index in [-0.39, 0.29) is 13.0 Å². The van der Waals surface area contributed by atoms with Gasteiger partial charge in [-0.15, -0.1) is 0 Å². The van der Waals surface area contributed by atoms with Gasteiger partial charge in [0.15, 0.2) is 0 Å². The number of hydrogen-bond acceptors (Lipinski definition) is 5. The normalized spacial score (nSPS) is 11.4. The van der Waals surface area contributed by atoms with Gasteiger partial charge >= 0.3 is 12.2 Å². The van der Waals surface area contributed by atoms with E-state index >= 15 is 0 Å². The molecule has 6 heteroatoms. The summed E-state index contributed by atoms with van der Waals surface area (Å²) in [7, 11) is 0. The van der Waals surface area contributed by atoms with Crippen LogP contribution < -0.4 is 0 Å². The zero-order valence-corrected chi connectivity index (χ0v) is 13.1. The zero-order chi connectivity index (χ0) is 16.0. The summed E-state index contributed by atoms with van der Waals surface area (Å²) in [6.45, 7) is 10.4. The lowest BCUT2D eigenvalue weighted by Gasteiger charge is -2.28. The lowest BCUT2D eigenvalue weighted by molar-refractivity contribution is 0.00135. The van der Waals surface area contributed by atoms with Crippen LogP contribution >= 0.6 is 0 Å². The number of carbonyl (C=O) groups is 2. The molecule has 0 aromatic heterocycles. The molecule has 0 fully saturated rings. The molecule has 0 atom stereocenters. The third-order valence-corrected chi connectivity index (χ3v) is 1.90. The van der Waals surface area contributed by atoms with E-state index in [0.717, 1.165) is 4.90 Å². The number of nitrogens with zero attached hydrogens (tertiary/aromatic N) is 2. The Balaban J connectivity index is 4.84. The SMILES string of the molecule is CC(C)(C)OC(=O)N(CCCC#N)C(=O)OC(C)(C)C. The van der Waals surface area contributed by atoms with Gasteiger partial charge in [0.2, 0.25) is 0 Å². The summed E-state index contributed by atoms with van der Waals surface area (Å²) < 4.78 is 10.3. The van der Waals surface area contributed by atoms with Gasteiger partial charge in [0.25, 0.3) is 0 Å². The molecule has 0 rings (SSSR count). The number of carbonyl (C=O) groups excluding carboxylic acids is 2. The standard InChI is InChI=1S/C14H24N2O4/c1-13(2,3)19-11(17)16(10-8-7-9-15)12(18)20-14(4,5)6/h7-8,10H2,1-6H3. The summed E-state index contributed by atoms with van der Waals surface area (Å²) in [4.78, 5) is 24.9. The number of unbranched alkanes of at least 4 members (excludes halogenated alkanes) is 1. The Morgan fingerprint density at radius 1 is 1.00 bits per heavy atom. The summed E-state index contributed by atoms with van der Waals surface area (Å²) in [6, 6.07) is 1.97. The molecular formula is C14H24N2O4. The maximum atomic E-state index is 12.0. The van der Waals surface area contributed by atoms with Crippen LogP contribution in [0.5, 0.6) is 0 Å². The third-order valence-electron chi connectivity index (χ3n) is 1.90. The fraction of sp³-hybridized carbons (Fsp3) is 0.786. The minimum atomic E-state index is -0.760. The molecule has 6 nitrogen and oxygen atoms in total. The lowest BCUT2D eigenvalue weighted by Crippen LogP contribution is -2.44. The van der Waals surface area contributed by atoms with Crippen LogP contribution in [0.1, 0.15) is 54.4 Å². The average molecular weight is 284 g/mol. The fourth-order valence-electron chi connectivity index (χ4n) is 1.21. The Morgan fingerprint density at radius 3 is 1.70 bits per heavy atom. The van der Waals surface area contributed by atoms with Crippen LogP contribution in [0.2, 0.25) is 0 Å². The molecule has 0 saturated carbocycles. The molecule has 0 saturated heterocycles. The molecule has 114 valence electrons. The van der Waals surface area contributed by atoms with Crippen molar-refractivity contribution < 1.29 is 19.1 Å². The molecule has 2 amide bonds. The molecule has 0 aromatic rings. The summed E-state index contributed by atoms with van der Waals surface area (Å²) >= 11 is 0. The molecule has 0 aromatic carbocycles. The van der Waals surface area contributed by atoms with Crippen molar-refractivity contribution in [1.82, 2.24) is 4.90 Å². The maximum absolute atomic E-state index is 12.0. The highest BCUT2D eigenvalue weighted by molar-refractivity contribution is 5.88. The van der Waals surface area contributed by atoms with Crippen LogP contribution in [-0.2, 0) is 9.47 Å². The summed E-state index contributed by atoms with van der Waals surface area (Å²) in [5, 5.41) is 8.53. The first-order valence-electron chi connectivity index (χ1n) is 6.57. The first-order chi connectivity index (χ1) is 8.96. The third kappa shape index (κ3) is 8.35. The van der Waals surface area contributed by atoms with Gasteiger partial charge in [0.05, 0.1) is 6.07 Å². The second-order valence-electron chi connectivity index (χ2n) is 6.37. The quantitative estimate of drug-likeness (QED) is 0.741. The van der Waals surface area contributed by atoms with Crippen molar-refractivity contribution in [2.24, 2.45) is 0 Å². The van der Waals surface area contributed by atoms with E-state index in [0.29, 0.717) is 6.42 Å². The van der Waals surface area contributed by atoms with Gasteiger partial charge in [-0.25, -0.2) is 14.5 Å². The highest BCUT2D eigenvalue weighted by atomic mass is 16.6. The van der Waals surface area contributed by atoms with Gasteiger partial charge in [-0.2, -0.15) is 5.26 Å². The number of hydrogen-bond donors (Lipinski definition) is 0. The van der Waals surface area contributed by atoms with Gasteiger partial charge in [0, 0.05) is 13.0 Å². The van der Waals surface area contributed by atoms with Crippen molar-refractivity contribution in [3.63, 3.8) is 0 Å². The molecule has 0 N–H and O–H groups in total. The van der Waals surface area contributed by atoms with E-state index in [9.17, 15) is 9.59 Å². The second kappa shape index (κ2) is 7.13.